The van der Waals surface area contributed by atoms with Gasteiger partial charge in [0.2, 0.25) is 5.91 Å². The van der Waals surface area contributed by atoms with Crippen molar-refractivity contribution in [3.63, 3.8) is 0 Å². The summed E-state index contributed by atoms with van der Waals surface area (Å²) in [6.07, 6.45) is 0. The van der Waals surface area contributed by atoms with Crippen LogP contribution in [-0.4, -0.2) is 20.9 Å². The fourth-order valence-corrected chi connectivity index (χ4v) is 4.37. The van der Waals surface area contributed by atoms with Gasteiger partial charge in [0, 0.05) is 11.8 Å². The largest absolute Gasteiger partial charge is 0.324 e. The zero-order chi connectivity index (χ0) is 21.9. The molecule has 0 spiro atoms. The maximum absolute atomic E-state index is 13.4. The minimum Gasteiger partial charge on any atom is -0.324 e. The normalized spacial score (nSPS) is 11.2. The predicted octanol–water partition coefficient (Wildman–Crippen LogP) is 4.42. The molecule has 1 amide bonds. The lowest BCUT2D eigenvalue weighted by Crippen LogP contribution is -2.38. The summed E-state index contributed by atoms with van der Waals surface area (Å²) in [4.78, 5) is 12.6. The second kappa shape index (κ2) is 8.62. The van der Waals surface area contributed by atoms with E-state index in [9.17, 15) is 22.0 Å². The summed E-state index contributed by atoms with van der Waals surface area (Å²) >= 11 is 0. The van der Waals surface area contributed by atoms with E-state index in [4.69, 9.17) is 0 Å². The van der Waals surface area contributed by atoms with Crippen LogP contribution in [0.15, 0.2) is 71.6 Å². The van der Waals surface area contributed by atoms with Crippen molar-refractivity contribution in [2.45, 2.75) is 18.7 Å². The summed E-state index contributed by atoms with van der Waals surface area (Å²) in [5.41, 5.74) is 1.93. The van der Waals surface area contributed by atoms with Crippen LogP contribution in [0.5, 0.6) is 0 Å². The molecule has 3 aromatic carbocycles. The number of sulfonamides is 1. The summed E-state index contributed by atoms with van der Waals surface area (Å²) in [5.74, 6) is -2.85. The Hall–Kier alpha value is -3.26. The number of nitrogens with one attached hydrogen (secondary N) is 1. The van der Waals surface area contributed by atoms with Crippen molar-refractivity contribution in [3.8, 4) is 0 Å². The van der Waals surface area contributed by atoms with Gasteiger partial charge in [0.25, 0.3) is 10.0 Å². The number of para-hydroxylation sites is 1. The van der Waals surface area contributed by atoms with Crippen LogP contribution >= 0.6 is 0 Å². The molecule has 0 aliphatic heterocycles. The van der Waals surface area contributed by atoms with Crippen LogP contribution < -0.4 is 9.62 Å². The zero-order valence-corrected chi connectivity index (χ0v) is 17.2. The van der Waals surface area contributed by atoms with Crippen LogP contribution in [0.4, 0.5) is 20.2 Å². The van der Waals surface area contributed by atoms with Gasteiger partial charge >= 0.3 is 0 Å². The Bertz CT molecular complexity index is 1180. The molecule has 5 nitrogen and oxygen atoms in total. The molecule has 3 rings (SSSR count). The number of halogens is 2. The lowest BCUT2D eigenvalue weighted by Gasteiger charge is -2.25. The molecular formula is C22H20F2N2O3S. The molecule has 0 heterocycles. The Morgan fingerprint density at radius 2 is 1.60 bits per heavy atom. The third-order valence-electron chi connectivity index (χ3n) is 4.48. The number of hydrogen-bond donors (Lipinski definition) is 1. The van der Waals surface area contributed by atoms with Crippen LogP contribution in [0.3, 0.4) is 0 Å². The van der Waals surface area contributed by atoms with E-state index in [0.29, 0.717) is 11.3 Å². The van der Waals surface area contributed by atoms with E-state index in [1.54, 1.807) is 43.3 Å². The Labute approximate surface area is 174 Å². The average Bonchev–Trinajstić information content (AvgIpc) is 2.70. The summed E-state index contributed by atoms with van der Waals surface area (Å²) in [5, 5.41) is 2.41. The standard InChI is InChI=1S/C22H20F2N2O3S/c1-15-7-10-18(11-8-15)30(28,29)26(21-6-4-3-5-16(21)2)14-22(27)25-17-9-12-19(23)20(24)13-17/h3-13H,14H2,1-2H3,(H,25,27). The molecular weight excluding hydrogens is 410 g/mol. The van der Waals surface area contributed by atoms with Gasteiger partial charge in [-0.05, 0) is 49.7 Å². The summed E-state index contributed by atoms with van der Waals surface area (Å²) in [6, 6.07) is 16.0. The molecule has 156 valence electrons. The van der Waals surface area contributed by atoms with E-state index in [2.05, 4.69) is 5.32 Å². The first-order valence-electron chi connectivity index (χ1n) is 9.08. The lowest BCUT2D eigenvalue weighted by atomic mass is 10.2. The van der Waals surface area contributed by atoms with Crippen LogP contribution in [0.25, 0.3) is 0 Å². The second-order valence-electron chi connectivity index (χ2n) is 6.79. The number of anilines is 2. The predicted molar refractivity (Wildman–Crippen MR) is 112 cm³/mol. The molecule has 0 fully saturated rings. The topological polar surface area (TPSA) is 66.5 Å². The van der Waals surface area contributed by atoms with E-state index < -0.39 is 34.1 Å². The van der Waals surface area contributed by atoms with E-state index in [-0.39, 0.29) is 10.6 Å². The van der Waals surface area contributed by atoms with Gasteiger partial charge in [-0.2, -0.15) is 0 Å². The molecule has 0 bridgehead atoms. The summed E-state index contributed by atoms with van der Waals surface area (Å²) in [7, 11) is -4.06. The van der Waals surface area contributed by atoms with Crippen molar-refractivity contribution in [2.75, 3.05) is 16.2 Å². The minimum atomic E-state index is -4.06. The van der Waals surface area contributed by atoms with Crippen molar-refractivity contribution in [2.24, 2.45) is 0 Å². The van der Waals surface area contributed by atoms with Crippen LogP contribution in [0.2, 0.25) is 0 Å². The molecule has 0 radical (unpaired) electrons. The molecule has 0 unspecified atom stereocenters. The molecule has 8 heteroatoms. The fraction of sp³-hybridized carbons (Fsp3) is 0.136. The van der Waals surface area contributed by atoms with Crippen LogP contribution in [-0.2, 0) is 14.8 Å². The van der Waals surface area contributed by atoms with E-state index in [1.165, 1.54) is 18.2 Å². The first-order valence-corrected chi connectivity index (χ1v) is 10.5. The number of rotatable bonds is 6. The van der Waals surface area contributed by atoms with Crippen molar-refractivity contribution in [1.82, 2.24) is 0 Å². The first-order chi connectivity index (χ1) is 14.2. The SMILES string of the molecule is Cc1ccc(S(=O)(=O)N(CC(=O)Nc2ccc(F)c(F)c2)c2ccccc2C)cc1. The molecule has 3 aromatic rings. The number of amides is 1. The van der Waals surface area contributed by atoms with E-state index >= 15 is 0 Å². The minimum absolute atomic E-state index is 0.0244. The number of nitrogens with zero attached hydrogens (tertiary/aromatic N) is 1. The highest BCUT2D eigenvalue weighted by Gasteiger charge is 2.28. The first kappa shape index (κ1) is 21.4. The van der Waals surface area contributed by atoms with Gasteiger partial charge in [0.1, 0.15) is 6.54 Å². The monoisotopic (exact) mass is 430 g/mol. The Balaban J connectivity index is 1.95. The second-order valence-corrected chi connectivity index (χ2v) is 8.65. The molecule has 0 aromatic heterocycles. The van der Waals surface area contributed by atoms with Gasteiger partial charge in [-0.25, -0.2) is 17.2 Å². The van der Waals surface area contributed by atoms with Gasteiger partial charge in [0.05, 0.1) is 10.6 Å². The van der Waals surface area contributed by atoms with E-state index in [1.807, 2.05) is 6.92 Å². The van der Waals surface area contributed by atoms with Gasteiger partial charge in [-0.1, -0.05) is 35.9 Å². The van der Waals surface area contributed by atoms with E-state index in [0.717, 1.165) is 22.0 Å². The molecule has 0 saturated carbocycles. The maximum Gasteiger partial charge on any atom is 0.264 e. The number of carbonyl (C=O) groups is 1. The zero-order valence-electron chi connectivity index (χ0n) is 16.4. The quantitative estimate of drug-likeness (QED) is 0.630. The third-order valence-corrected chi connectivity index (χ3v) is 6.26. The number of hydrogen-bond acceptors (Lipinski definition) is 3. The molecule has 0 aliphatic carbocycles. The van der Waals surface area contributed by atoms with Gasteiger partial charge in [-0.15, -0.1) is 0 Å². The fourth-order valence-electron chi connectivity index (χ4n) is 2.89. The smallest absolute Gasteiger partial charge is 0.264 e. The van der Waals surface area contributed by atoms with Crippen molar-refractivity contribution >= 4 is 27.3 Å². The molecule has 0 aliphatic rings. The highest BCUT2D eigenvalue weighted by atomic mass is 32.2. The van der Waals surface area contributed by atoms with Gasteiger partial charge < -0.3 is 5.32 Å². The Morgan fingerprint density at radius 1 is 0.933 bits per heavy atom. The number of carbonyl (C=O) groups excluding carboxylic acids is 1. The number of aryl methyl sites for hydroxylation is 2. The number of benzene rings is 3. The van der Waals surface area contributed by atoms with Crippen LogP contribution in [0, 0.1) is 25.5 Å². The highest BCUT2D eigenvalue weighted by Crippen LogP contribution is 2.27. The molecule has 0 atom stereocenters. The maximum atomic E-state index is 13.4. The highest BCUT2D eigenvalue weighted by molar-refractivity contribution is 7.92. The van der Waals surface area contributed by atoms with Crippen molar-refractivity contribution in [3.05, 3.63) is 89.5 Å². The third kappa shape index (κ3) is 4.65. The summed E-state index contributed by atoms with van der Waals surface area (Å²) < 4.78 is 54.2. The van der Waals surface area contributed by atoms with Crippen LogP contribution in [0.1, 0.15) is 11.1 Å². The Kier molecular flexibility index (Phi) is 6.17. The van der Waals surface area contributed by atoms with Gasteiger partial charge in [0.15, 0.2) is 11.6 Å². The van der Waals surface area contributed by atoms with Crippen molar-refractivity contribution in [1.29, 1.82) is 0 Å². The lowest BCUT2D eigenvalue weighted by molar-refractivity contribution is -0.114. The van der Waals surface area contributed by atoms with Crippen molar-refractivity contribution < 1.29 is 22.0 Å². The summed E-state index contributed by atoms with van der Waals surface area (Å²) in [6.45, 7) is 3.03. The molecule has 0 saturated heterocycles. The molecule has 1 N–H and O–H groups in total. The van der Waals surface area contributed by atoms with Gasteiger partial charge in [-0.3, -0.25) is 9.10 Å². The Morgan fingerprint density at radius 3 is 2.23 bits per heavy atom. The average molecular weight is 430 g/mol. The molecule has 30 heavy (non-hydrogen) atoms.